The van der Waals surface area contributed by atoms with Crippen LogP contribution in [0.1, 0.15) is 32.4 Å². The summed E-state index contributed by atoms with van der Waals surface area (Å²) in [5.74, 6) is 0.295. The van der Waals surface area contributed by atoms with Crippen molar-refractivity contribution >= 4 is 22.6 Å². The number of aryl methyl sites for hydroxylation is 1. The molecule has 3 aromatic rings. The zero-order chi connectivity index (χ0) is 17.4. The van der Waals surface area contributed by atoms with Crippen molar-refractivity contribution in [3.05, 3.63) is 47.8 Å². The van der Waals surface area contributed by atoms with Crippen molar-refractivity contribution in [3.8, 4) is 11.4 Å². The van der Waals surface area contributed by atoms with Crippen LogP contribution in [-0.4, -0.2) is 15.5 Å². The minimum absolute atomic E-state index is 0.0949. The van der Waals surface area contributed by atoms with Gasteiger partial charge in [0.15, 0.2) is 0 Å². The van der Waals surface area contributed by atoms with Gasteiger partial charge in [0.2, 0.25) is 5.91 Å². The normalized spacial score (nSPS) is 11.2. The van der Waals surface area contributed by atoms with Crippen LogP contribution in [0.3, 0.4) is 0 Å². The third-order valence-corrected chi connectivity index (χ3v) is 3.98. The summed E-state index contributed by atoms with van der Waals surface area (Å²) in [6.07, 6.45) is 0. The zero-order valence-corrected chi connectivity index (χ0v) is 14.2. The molecule has 1 aromatic heterocycles. The molecular formula is C19H20FN3O. The van der Waals surface area contributed by atoms with Crippen LogP contribution < -0.4 is 5.32 Å². The smallest absolute Gasteiger partial charge is 0.221 e. The fraction of sp³-hybridized carbons (Fsp3) is 0.263. The molecule has 0 radical (unpaired) electrons. The van der Waals surface area contributed by atoms with E-state index >= 15 is 0 Å². The lowest BCUT2D eigenvalue weighted by atomic mass is 10.1. The lowest BCUT2D eigenvalue weighted by Gasteiger charge is -2.17. The number of aromatic nitrogens is 2. The molecule has 24 heavy (non-hydrogen) atoms. The van der Waals surface area contributed by atoms with Crippen molar-refractivity contribution in [1.29, 1.82) is 0 Å². The van der Waals surface area contributed by atoms with Gasteiger partial charge in [0.1, 0.15) is 11.6 Å². The first-order valence-corrected chi connectivity index (χ1v) is 7.93. The molecule has 0 aliphatic heterocycles. The van der Waals surface area contributed by atoms with Crippen LogP contribution in [0, 0.1) is 12.7 Å². The number of fused-ring (bicyclic) bond motifs is 1. The number of hydrogen-bond acceptors (Lipinski definition) is 2. The maximum Gasteiger partial charge on any atom is 0.221 e. The van der Waals surface area contributed by atoms with E-state index in [0.717, 1.165) is 33.7 Å². The largest absolute Gasteiger partial charge is 0.325 e. The summed E-state index contributed by atoms with van der Waals surface area (Å²) in [5, 5.41) is 2.90. The van der Waals surface area contributed by atoms with E-state index in [1.807, 2.05) is 43.5 Å². The summed E-state index contributed by atoms with van der Waals surface area (Å²) < 4.78 is 15.7. The molecule has 2 aromatic carbocycles. The Labute approximate surface area is 140 Å². The Balaban J connectivity index is 2.32. The summed E-state index contributed by atoms with van der Waals surface area (Å²) in [6, 6.07) is 10.5. The number of carbonyl (C=O) groups is 1. The number of carbonyl (C=O) groups excluding carboxylic acids is 1. The minimum atomic E-state index is -0.290. The standard InChI is InChI=1S/C19H20FN3O/c1-11(2)23-17-10-14(20)8-9-16(17)22-19(23)15-7-5-6-12(3)18(15)21-13(4)24/h5-11H,1-4H3,(H,21,24). The van der Waals surface area contributed by atoms with Crippen molar-refractivity contribution in [2.24, 2.45) is 0 Å². The number of imidazole rings is 1. The van der Waals surface area contributed by atoms with E-state index in [1.165, 1.54) is 19.1 Å². The van der Waals surface area contributed by atoms with Crippen molar-refractivity contribution in [2.75, 3.05) is 5.32 Å². The predicted octanol–water partition coefficient (Wildman–Crippen LogP) is 4.69. The molecule has 0 unspecified atom stereocenters. The molecule has 0 saturated carbocycles. The van der Waals surface area contributed by atoms with Gasteiger partial charge in [-0.25, -0.2) is 9.37 Å². The number of anilines is 1. The van der Waals surface area contributed by atoms with Crippen LogP contribution >= 0.6 is 0 Å². The lowest BCUT2D eigenvalue weighted by molar-refractivity contribution is -0.114. The van der Waals surface area contributed by atoms with Gasteiger partial charge < -0.3 is 9.88 Å². The summed E-state index contributed by atoms with van der Waals surface area (Å²) in [7, 11) is 0. The maximum absolute atomic E-state index is 13.7. The molecule has 0 spiro atoms. The monoisotopic (exact) mass is 325 g/mol. The van der Waals surface area contributed by atoms with Gasteiger partial charge >= 0.3 is 0 Å². The van der Waals surface area contributed by atoms with Gasteiger partial charge in [-0.2, -0.15) is 0 Å². The molecule has 0 saturated heterocycles. The van der Waals surface area contributed by atoms with Gasteiger partial charge in [0, 0.05) is 18.5 Å². The molecule has 1 heterocycles. The predicted molar refractivity (Wildman–Crippen MR) is 94.6 cm³/mol. The number of halogens is 1. The minimum Gasteiger partial charge on any atom is -0.325 e. The van der Waals surface area contributed by atoms with Gasteiger partial charge in [-0.05, 0) is 50.6 Å². The topological polar surface area (TPSA) is 46.9 Å². The molecule has 1 amide bonds. The first kappa shape index (κ1) is 16.2. The average Bonchev–Trinajstić information content (AvgIpc) is 2.87. The summed E-state index contributed by atoms with van der Waals surface area (Å²) >= 11 is 0. The highest BCUT2D eigenvalue weighted by molar-refractivity contribution is 5.95. The SMILES string of the molecule is CC(=O)Nc1c(C)cccc1-c1nc2ccc(F)cc2n1C(C)C. The maximum atomic E-state index is 13.7. The lowest BCUT2D eigenvalue weighted by Crippen LogP contribution is -2.10. The van der Waals surface area contributed by atoms with Crippen LogP contribution in [0.5, 0.6) is 0 Å². The van der Waals surface area contributed by atoms with Gasteiger partial charge in [0.25, 0.3) is 0 Å². The second kappa shape index (κ2) is 6.07. The first-order chi connectivity index (χ1) is 11.4. The fourth-order valence-electron chi connectivity index (χ4n) is 2.97. The van der Waals surface area contributed by atoms with Crippen LogP contribution in [0.4, 0.5) is 10.1 Å². The molecule has 0 aliphatic carbocycles. The van der Waals surface area contributed by atoms with Crippen molar-refractivity contribution in [2.45, 2.75) is 33.7 Å². The first-order valence-electron chi connectivity index (χ1n) is 7.93. The fourth-order valence-corrected chi connectivity index (χ4v) is 2.97. The Bertz CT molecular complexity index is 928. The Morgan fingerprint density at radius 3 is 2.67 bits per heavy atom. The van der Waals surface area contributed by atoms with Crippen LogP contribution in [0.15, 0.2) is 36.4 Å². The zero-order valence-electron chi connectivity index (χ0n) is 14.2. The number of para-hydroxylation sites is 1. The molecule has 0 bridgehead atoms. The van der Waals surface area contributed by atoms with Crippen molar-refractivity contribution < 1.29 is 9.18 Å². The van der Waals surface area contributed by atoms with E-state index in [4.69, 9.17) is 4.98 Å². The number of rotatable bonds is 3. The van der Waals surface area contributed by atoms with Crippen molar-refractivity contribution in [3.63, 3.8) is 0 Å². The number of hydrogen-bond donors (Lipinski definition) is 1. The van der Waals surface area contributed by atoms with E-state index in [0.29, 0.717) is 0 Å². The van der Waals surface area contributed by atoms with Crippen LogP contribution in [0.25, 0.3) is 22.4 Å². The number of nitrogens with one attached hydrogen (secondary N) is 1. The molecule has 4 nitrogen and oxygen atoms in total. The molecular weight excluding hydrogens is 305 g/mol. The van der Waals surface area contributed by atoms with E-state index in [-0.39, 0.29) is 17.8 Å². The Morgan fingerprint density at radius 2 is 2.00 bits per heavy atom. The van der Waals surface area contributed by atoms with Gasteiger partial charge in [-0.1, -0.05) is 12.1 Å². The molecule has 0 atom stereocenters. The second-order valence-corrected chi connectivity index (χ2v) is 6.21. The number of nitrogens with zero attached hydrogens (tertiary/aromatic N) is 2. The van der Waals surface area contributed by atoms with E-state index in [2.05, 4.69) is 5.32 Å². The highest BCUT2D eigenvalue weighted by Gasteiger charge is 2.19. The molecule has 1 N–H and O–H groups in total. The molecule has 5 heteroatoms. The third kappa shape index (κ3) is 2.77. The number of benzene rings is 2. The highest BCUT2D eigenvalue weighted by Crippen LogP contribution is 2.34. The summed E-state index contributed by atoms with van der Waals surface area (Å²) in [6.45, 7) is 7.49. The average molecular weight is 325 g/mol. The molecule has 0 fully saturated rings. The van der Waals surface area contributed by atoms with E-state index < -0.39 is 0 Å². The summed E-state index contributed by atoms with van der Waals surface area (Å²) in [5.41, 5.74) is 4.00. The summed E-state index contributed by atoms with van der Waals surface area (Å²) in [4.78, 5) is 16.3. The molecule has 0 aliphatic rings. The van der Waals surface area contributed by atoms with Gasteiger partial charge in [-0.3, -0.25) is 4.79 Å². The van der Waals surface area contributed by atoms with E-state index in [1.54, 1.807) is 6.07 Å². The number of amides is 1. The van der Waals surface area contributed by atoms with Gasteiger partial charge in [0.05, 0.1) is 16.7 Å². The Hall–Kier alpha value is -2.69. The van der Waals surface area contributed by atoms with Crippen LogP contribution in [0.2, 0.25) is 0 Å². The highest BCUT2D eigenvalue weighted by atomic mass is 19.1. The molecule has 124 valence electrons. The Kier molecular flexibility index (Phi) is 4.09. The molecule has 3 rings (SSSR count). The van der Waals surface area contributed by atoms with Crippen LogP contribution in [-0.2, 0) is 4.79 Å². The van der Waals surface area contributed by atoms with Crippen molar-refractivity contribution in [1.82, 2.24) is 9.55 Å². The Morgan fingerprint density at radius 1 is 1.25 bits per heavy atom. The van der Waals surface area contributed by atoms with Gasteiger partial charge in [-0.15, -0.1) is 0 Å². The third-order valence-electron chi connectivity index (χ3n) is 3.98. The second-order valence-electron chi connectivity index (χ2n) is 6.21. The quantitative estimate of drug-likeness (QED) is 0.759. The van der Waals surface area contributed by atoms with E-state index in [9.17, 15) is 9.18 Å².